The highest BCUT2D eigenvalue weighted by Gasteiger charge is 2.11. The van der Waals surface area contributed by atoms with Crippen molar-refractivity contribution in [2.24, 2.45) is 5.92 Å². The normalized spacial score (nSPS) is 15.9. The molecule has 0 fully saturated rings. The van der Waals surface area contributed by atoms with E-state index in [4.69, 9.17) is 5.11 Å². The highest BCUT2D eigenvalue weighted by Crippen LogP contribution is 2.07. The average Bonchev–Trinajstić information content (AvgIpc) is 1.99. The van der Waals surface area contributed by atoms with Gasteiger partial charge in [0.2, 0.25) is 0 Å². The van der Waals surface area contributed by atoms with E-state index in [2.05, 4.69) is 12.2 Å². The van der Waals surface area contributed by atoms with E-state index in [1.165, 1.54) is 0 Å². The molecule has 0 spiro atoms. The molecule has 66 valence electrons. The van der Waals surface area contributed by atoms with E-state index in [9.17, 15) is 4.79 Å². The van der Waals surface area contributed by atoms with Crippen molar-refractivity contribution in [3.63, 3.8) is 0 Å². The molecule has 0 aliphatic heterocycles. The fourth-order valence-electron chi connectivity index (χ4n) is 0.768. The van der Waals surface area contributed by atoms with Crippen molar-refractivity contribution in [2.75, 3.05) is 7.05 Å². The second-order valence-electron chi connectivity index (χ2n) is 3.01. The zero-order valence-corrected chi connectivity index (χ0v) is 7.42. The van der Waals surface area contributed by atoms with Gasteiger partial charge in [-0.15, -0.1) is 0 Å². The van der Waals surface area contributed by atoms with Crippen LogP contribution in [0, 0.1) is 5.92 Å². The quantitative estimate of drug-likeness (QED) is 0.631. The van der Waals surface area contributed by atoms with Crippen molar-refractivity contribution in [1.82, 2.24) is 5.32 Å². The zero-order valence-electron chi connectivity index (χ0n) is 7.42. The van der Waals surface area contributed by atoms with E-state index >= 15 is 0 Å². The lowest BCUT2D eigenvalue weighted by Crippen LogP contribution is -2.22. The second-order valence-corrected chi connectivity index (χ2v) is 3.01. The predicted octanol–water partition coefficient (Wildman–Crippen LogP) is 1.10. The van der Waals surface area contributed by atoms with E-state index in [0.29, 0.717) is 6.04 Å². The molecule has 0 aromatic carbocycles. The Morgan fingerprint density at radius 1 is 1.45 bits per heavy atom. The third-order valence-electron chi connectivity index (χ3n) is 1.95. The number of carboxylic acids is 1. The molecule has 0 rings (SSSR count). The van der Waals surface area contributed by atoms with Gasteiger partial charge in [0.15, 0.2) is 0 Å². The van der Waals surface area contributed by atoms with Gasteiger partial charge >= 0.3 is 5.97 Å². The third kappa shape index (κ3) is 4.79. The van der Waals surface area contributed by atoms with Crippen LogP contribution in [0.15, 0.2) is 0 Å². The van der Waals surface area contributed by atoms with Crippen molar-refractivity contribution in [2.45, 2.75) is 32.7 Å². The molecule has 0 saturated heterocycles. The summed E-state index contributed by atoms with van der Waals surface area (Å²) in [5.74, 6) is -0.917. The molecule has 0 aliphatic rings. The summed E-state index contributed by atoms with van der Waals surface area (Å²) in [6.07, 6.45) is 1.67. The maximum atomic E-state index is 10.4. The fraction of sp³-hybridized carbons (Fsp3) is 0.875. The Balaban J connectivity index is 3.45. The first kappa shape index (κ1) is 10.4. The largest absolute Gasteiger partial charge is 0.481 e. The van der Waals surface area contributed by atoms with Crippen molar-refractivity contribution < 1.29 is 9.90 Å². The van der Waals surface area contributed by atoms with Gasteiger partial charge in [0.05, 0.1) is 5.92 Å². The highest BCUT2D eigenvalue weighted by atomic mass is 16.4. The summed E-state index contributed by atoms with van der Waals surface area (Å²) in [6.45, 7) is 3.79. The summed E-state index contributed by atoms with van der Waals surface area (Å²) in [5, 5.41) is 11.6. The van der Waals surface area contributed by atoms with Gasteiger partial charge in [0, 0.05) is 6.04 Å². The molecule has 0 amide bonds. The van der Waals surface area contributed by atoms with Gasteiger partial charge < -0.3 is 10.4 Å². The molecule has 0 saturated carbocycles. The Morgan fingerprint density at radius 3 is 2.36 bits per heavy atom. The molecular formula is C8H17NO2. The monoisotopic (exact) mass is 159 g/mol. The van der Waals surface area contributed by atoms with E-state index < -0.39 is 5.97 Å². The molecule has 3 nitrogen and oxygen atoms in total. The molecule has 0 heterocycles. The van der Waals surface area contributed by atoms with Crippen LogP contribution in [0.4, 0.5) is 0 Å². The van der Waals surface area contributed by atoms with Crippen LogP contribution in [-0.4, -0.2) is 24.2 Å². The molecule has 0 aromatic rings. The van der Waals surface area contributed by atoms with E-state index in [1.54, 1.807) is 6.92 Å². The van der Waals surface area contributed by atoms with Crippen LogP contribution in [0.2, 0.25) is 0 Å². The number of nitrogens with one attached hydrogen (secondary N) is 1. The molecule has 2 unspecified atom stereocenters. The zero-order chi connectivity index (χ0) is 8.85. The highest BCUT2D eigenvalue weighted by molar-refractivity contribution is 5.69. The molecule has 2 atom stereocenters. The first-order valence-corrected chi connectivity index (χ1v) is 3.98. The van der Waals surface area contributed by atoms with Crippen LogP contribution in [0.25, 0.3) is 0 Å². The van der Waals surface area contributed by atoms with Gasteiger partial charge in [-0.3, -0.25) is 4.79 Å². The van der Waals surface area contributed by atoms with Crippen LogP contribution in [0.5, 0.6) is 0 Å². The van der Waals surface area contributed by atoms with E-state index in [-0.39, 0.29) is 5.92 Å². The maximum absolute atomic E-state index is 10.4. The van der Waals surface area contributed by atoms with E-state index in [1.807, 2.05) is 7.05 Å². The maximum Gasteiger partial charge on any atom is 0.306 e. The molecule has 0 radical (unpaired) electrons. The first-order chi connectivity index (χ1) is 5.07. The molecule has 2 N–H and O–H groups in total. The number of hydrogen-bond donors (Lipinski definition) is 2. The molecule has 3 heteroatoms. The minimum absolute atomic E-state index is 0.217. The lowest BCUT2D eigenvalue weighted by Gasteiger charge is -2.11. The molecule has 0 bridgehead atoms. The van der Waals surface area contributed by atoms with Gasteiger partial charge in [-0.25, -0.2) is 0 Å². The van der Waals surface area contributed by atoms with Gasteiger partial charge in [-0.1, -0.05) is 6.92 Å². The average molecular weight is 159 g/mol. The lowest BCUT2D eigenvalue weighted by atomic mass is 10.0. The smallest absolute Gasteiger partial charge is 0.306 e. The summed E-state index contributed by atoms with van der Waals surface area (Å²) in [4.78, 5) is 10.4. The SMILES string of the molecule is CNC(C)CCC(C)C(=O)O. The van der Waals surface area contributed by atoms with Crippen LogP contribution in [-0.2, 0) is 4.79 Å². The number of hydrogen-bond acceptors (Lipinski definition) is 2. The van der Waals surface area contributed by atoms with Crippen LogP contribution < -0.4 is 5.32 Å². The number of aliphatic carboxylic acids is 1. The summed E-state index contributed by atoms with van der Waals surface area (Å²) >= 11 is 0. The number of carboxylic acid groups (broad SMARTS) is 1. The topological polar surface area (TPSA) is 49.3 Å². The van der Waals surface area contributed by atoms with Crippen molar-refractivity contribution in [1.29, 1.82) is 0 Å². The number of rotatable bonds is 5. The minimum atomic E-state index is -0.701. The van der Waals surface area contributed by atoms with Crippen LogP contribution in [0.1, 0.15) is 26.7 Å². The van der Waals surface area contributed by atoms with Crippen LogP contribution in [0.3, 0.4) is 0 Å². The summed E-state index contributed by atoms with van der Waals surface area (Å²) < 4.78 is 0. The van der Waals surface area contributed by atoms with Gasteiger partial charge in [0.25, 0.3) is 0 Å². The minimum Gasteiger partial charge on any atom is -0.481 e. The van der Waals surface area contributed by atoms with Crippen molar-refractivity contribution in [3.8, 4) is 0 Å². The molecular weight excluding hydrogens is 142 g/mol. The first-order valence-electron chi connectivity index (χ1n) is 3.98. The van der Waals surface area contributed by atoms with Gasteiger partial charge in [-0.05, 0) is 26.8 Å². The Morgan fingerprint density at radius 2 is 2.00 bits per heavy atom. The lowest BCUT2D eigenvalue weighted by molar-refractivity contribution is -0.141. The molecule has 11 heavy (non-hydrogen) atoms. The van der Waals surface area contributed by atoms with E-state index in [0.717, 1.165) is 12.8 Å². The standard InChI is InChI=1S/C8H17NO2/c1-6(8(10)11)4-5-7(2)9-3/h6-7,9H,4-5H2,1-3H3,(H,10,11). The van der Waals surface area contributed by atoms with Gasteiger partial charge in [0.1, 0.15) is 0 Å². The predicted molar refractivity (Wildman–Crippen MR) is 44.6 cm³/mol. The Kier molecular flexibility index (Phi) is 4.86. The Bertz CT molecular complexity index is 125. The summed E-state index contributed by atoms with van der Waals surface area (Å²) in [6, 6.07) is 0.414. The molecule has 0 aliphatic carbocycles. The van der Waals surface area contributed by atoms with Crippen molar-refractivity contribution in [3.05, 3.63) is 0 Å². The summed E-state index contributed by atoms with van der Waals surface area (Å²) in [7, 11) is 1.89. The van der Waals surface area contributed by atoms with Gasteiger partial charge in [-0.2, -0.15) is 0 Å². The number of carbonyl (C=O) groups is 1. The second kappa shape index (κ2) is 5.13. The van der Waals surface area contributed by atoms with Crippen molar-refractivity contribution >= 4 is 5.97 Å². The van der Waals surface area contributed by atoms with Crippen LogP contribution >= 0.6 is 0 Å². The Labute approximate surface area is 67.8 Å². The summed E-state index contributed by atoms with van der Waals surface area (Å²) in [5.41, 5.74) is 0. The fourth-order valence-corrected chi connectivity index (χ4v) is 0.768. The molecule has 0 aromatic heterocycles. The Hall–Kier alpha value is -0.570. The third-order valence-corrected chi connectivity index (χ3v) is 1.95.